The van der Waals surface area contributed by atoms with Crippen LogP contribution in [0.3, 0.4) is 0 Å². The molecule has 2 N–H and O–H groups in total. The molecule has 2 aromatic heterocycles. The van der Waals surface area contributed by atoms with E-state index in [9.17, 15) is 4.39 Å². The molecule has 0 unspecified atom stereocenters. The zero-order chi connectivity index (χ0) is 25.4. The van der Waals surface area contributed by atoms with Gasteiger partial charge in [0.2, 0.25) is 5.75 Å². The van der Waals surface area contributed by atoms with Crippen LogP contribution in [0.5, 0.6) is 11.5 Å². The maximum Gasteiger partial charge on any atom is 0.205 e. The van der Waals surface area contributed by atoms with Crippen LogP contribution in [0.2, 0.25) is 5.02 Å². The second-order valence-corrected chi connectivity index (χ2v) is 9.32. The van der Waals surface area contributed by atoms with Crippen LogP contribution in [0.25, 0.3) is 22.1 Å². The van der Waals surface area contributed by atoms with E-state index in [-0.39, 0.29) is 16.6 Å². The van der Waals surface area contributed by atoms with Gasteiger partial charge in [0.15, 0.2) is 11.4 Å². The number of halogens is 2. The highest BCUT2D eigenvalue weighted by Crippen LogP contribution is 2.42. The van der Waals surface area contributed by atoms with Gasteiger partial charge >= 0.3 is 0 Å². The number of anilines is 2. The average molecular weight is 511 g/mol. The van der Waals surface area contributed by atoms with Gasteiger partial charge in [-0.2, -0.15) is 0 Å². The van der Waals surface area contributed by atoms with Crippen molar-refractivity contribution in [2.24, 2.45) is 0 Å². The predicted octanol–water partition coefficient (Wildman–Crippen LogP) is 5.77. The molecule has 0 saturated carbocycles. The summed E-state index contributed by atoms with van der Waals surface area (Å²) in [5.41, 5.74) is 10.1. The van der Waals surface area contributed by atoms with Crippen LogP contribution in [0.15, 0.2) is 53.3 Å². The second kappa shape index (κ2) is 9.87. The number of fused-ring (bicyclic) bond motifs is 1. The molecule has 4 aromatic rings. The summed E-state index contributed by atoms with van der Waals surface area (Å²) in [6.45, 7) is 5.85. The predicted molar refractivity (Wildman–Crippen MR) is 141 cm³/mol. The largest absolute Gasteiger partial charge is 0.496 e. The normalized spacial score (nSPS) is 15.3. The van der Waals surface area contributed by atoms with Gasteiger partial charge in [-0.05, 0) is 43.8 Å². The van der Waals surface area contributed by atoms with E-state index >= 15 is 0 Å². The van der Waals surface area contributed by atoms with Crippen LogP contribution >= 0.6 is 11.6 Å². The lowest BCUT2D eigenvalue weighted by atomic mass is 10.0. The minimum Gasteiger partial charge on any atom is -0.496 e. The average Bonchev–Trinajstić information content (AvgIpc) is 3.32. The highest BCUT2D eigenvalue weighted by molar-refractivity contribution is 6.31. The molecule has 7 nitrogen and oxygen atoms in total. The number of pyridine rings is 1. The van der Waals surface area contributed by atoms with Crippen molar-refractivity contribution in [2.75, 3.05) is 51.0 Å². The topological polar surface area (TPSA) is 77.0 Å². The Hall–Kier alpha value is -3.49. The zero-order valence-corrected chi connectivity index (χ0v) is 21.2. The maximum atomic E-state index is 14.2. The number of furan rings is 1. The molecular formula is C27H28ClFN4O3. The second-order valence-electron chi connectivity index (χ2n) is 8.94. The number of hydrogen-bond acceptors (Lipinski definition) is 7. The molecule has 0 radical (unpaired) electrons. The number of nitrogens with zero attached hydrogens (tertiary/aromatic N) is 3. The molecule has 1 saturated heterocycles. The Kier molecular flexibility index (Phi) is 6.64. The Bertz CT molecular complexity index is 1380. The summed E-state index contributed by atoms with van der Waals surface area (Å²) < 4.78 is 31.6. The smallest absolute Gasteiger partial charge is 0.205 e. The molecule has 3 heterocycles. The number of methoxy groups -OCH3 is 1. The monoisotopic (exact) mass is 510 g/mol. The van der Waals surface area contributed by atoms with Crippen LogP contribution in [0, 0.1) is 5.82 Å². The number of benzene rings is 2. The first kappa shape index (κ1) is 24.2. The van der Waals surface area contributed by atoms with Gasteiger partial charge in [-0.15, -0.1) is 0 Å². The van der Waals surface area contributed by atoms with Crippen molar-refractivity contribution in [3.05, 3.63) is 65.3 Å². The minimum absolute atomic E-state index is 0.0684. The molecule has 1 fully saturated rings. The van der Waals surface area contributed by atoms with Crippen LogP contribution in [0.4, 0.5) is 15.9 Å². The van der Waals surface area contributed by atoms with Crippen molar-refractivity contribution in [1.82, 2.24) is 9.88 Å². The molecule has 1 aliphatic rings. The fourth-order valence-corrected chi connectivity index (χ4v) is 4.88. The van der Waals surface area contributed by atoms with Crippen molar-refractivity contribution in [2.45, 2.75) is 13.0 Å². The number of hydrogen-bond donors (Lipinski definition) is 1. The number of ether oxygens (including phenoxy) is 2. The van der Waals surface area contributed by atoms with E-state index in [1.807, 2.05) is 0 Å². The molecule has 2 aromatic carbocycles. The molecule has 36 heavy (non-hydrogen) atoms. The SMILES string of the molecule is COc1ccc(F)c(Cl)c1[C@@H](C)Oc1c(N)ncc2c(-c3ccc(N4CCN(C)CC4)cc3)coc12. The van der Waals surface area contributed by atoms with Crippen LogP contribution in [-0.4, -0.2) is 50.2 Å². The van der Waals surface area contributed by atoms with E-state index in [1.165, 1.54) is 24.9 Å². The molecule has 1 atom stereocenters. The van der Waals surface area contributed by atoms with Crippen molar-refractivity contribution >= 4 is 34.1 Å². The van der Waals surface area contributed by atoms with E-state index in [0.29, 0.717) is 16.9 Å². The van der Waals surface area contributed by atoms with Gasteiger partial charge in [0, 0.05) is 43.6 Å². The summed E-state index contributed by atoms with van der Waals surface area (Å²) in [5, 5.41) is 0.692. The molecule has 0 aliphatic carbocycles. The maximum absolute atomic E-state index is 14.2. The van der Waals surface area contributed by atoms with Crippen molar-refractivity contribution < 1.29 is 18.3 Å². The summed E-state index contributed by atoms with van der Waals surface area (Å²) in [7, 11) is 3.64. The molecular weight excluding hydrogens is 483 g/mol. The van der Waals surface area contributed by atoms with Gasteiger partial charge in [0.25, 0.3) is 0 Å². The van der Waals surface area contributed by atoms with Gasteiger partial charge < -0.3 is 29.4 Å². The third kappa shape index (κ3) is 4.42. The number of nitrogens with two attached hydrogens (primary N) is 1. The Morgan fingerprint density at radius 2 is 1.83 bits per heavy atom. The Morgan fingerprint density at radius 1 is 1.11 bits per heavy atom. The third-order valence-corrected chi connectivity index (χ3v) is 7.05. The van der Waals surface area contributed by atoms with Crippen molar-refractivity contribution in [3.8, 4) is 22.6 Å². The lowest BCUT2D eigenvalue weighted by Crippen LogP contribution is -2.44. The van der Waals surface area contributed by atoms with E-state index in [0.717, 1.165) is 42.7 Å². The van der Waals surface area contributed by atoms with Gasteiger partial charge in [-0.3, -0.25) is 0 Å². The third-order valence-electron chi connectivity index (χ3n) is 6.66. The Labute approximate surface area is 214 Å². The lowest BCUT2D eigenvalue weighted by Gasteiger charge is -2.34. The van der Waals surface area contributed by atoms with Crippen molar-refractivity contribution in [1.29, 1.82) is 0 Å². The lowest BCUT2D eigenvalue weighted by molar-refractivity contribution is 0.221. The van der Waals surface area contributed by atoms with Gasteiger partial charge in [-0.1, -0.05) is 23.7 Å². The fraction of sp³-hybridized carbons (Fsp3) is 0.296. The number of aromatic nitrogens is 1. The molecule has 0 spiro atoms. The number of rotatable bonds is 6. The van der Waals surface area contributed by atoms with Crippen molar-refractivity contribution in [3.63, 3.8) is 0 Å². The molecule has 9 heteroatoms. The van der Waals surface area contributed by atoms with Gasteiger partial charge in [0.05, 0.1) is 29.3 Å². The first-order chi connectivity index (χ1) is 17.4. The standard InChI is InChI=1S/C27H28ClFN4O3/c1-16(23-22(34-3)9-8-21(29)24(23)28)36-26-25-19(14-31-27(26)30)20(15-35-25)17-4-6-18(7-5-17)33-12-10-32(2)11-13-33/h4-9,14-16H,10-13H2,1-3H3,(H2,30,31)/t16-/m1/s1. The van der Waals surface area contributed by atoms with Crippen LogP contribution in [0.1, 0.15) is 18.6 Å². The summed E-state index contributed by atoms with van der Waals surface area (Å²) >= 11 is 6.25. The zero-order valence-electron chi connectivity index (χ0n) is 20.4. The summed E-state index contributed by atoms with van der Waals surface area (Å²) in [6.07, 6.45) is 2.66. The summed E-state index contributed by atoms with van der Waals surface area (Å²) in [6, 6.07) is 11.2. The minimum atomic E-state index is -0.686. The van der Waals surface area contributed by atoms with Crippen LogP contribution in [-0.2, 0) is 0 Å². The molecule has 0 amide bonds. The fourth-order valence-electron chi connectivity index (χ4n) is 4.58. The number of piperazine rings is 1. The van der Waals surface area contributed by atoms with Crippen LogP contribution < -0.4 is 20.1 Å². The molecule has 5 rings (SSSR count). The number of nitrogen functional groups attached to an aromatic ring is 1. The molecule has 1 aliphatic heterocycles. The molecule has 188 valence electrons. The highest BCUT2D eigenvalue weighted by Gasteiger charge is 2.24. The first-order valence-electron chi connectivity index (χ1n) is 11.8. The quantitative estimate of drug-likeness (QED) is 0.353. The first-order valence-corrected chi connectivity index (χ1v) is 12.1. The highest BCUT2D eigenvalue weighted by atomic mass is 35.5. The molecule has 0 bridgehead atoms. The van der Waals surface area contributed by atoms with Gasteiger partial charge in [0.1, 0.15) is 17.7 Å². The number of likely N-dealkylation sites (N-methyl/N-ethyl adjacent to an activating group) is 1. The Morgan fingerprint density at radius 3 is 2.53 bits per heavy atom. The van der Waals surface area contributed by atoms with E-state index < -0.39 is 11.9 Å². The van der Waals surface area contributed by atoms with E-state index in [1.54, 1.807) is 19.4 Å². The van der Waals surface area contributed by atoms with E-state index in [2.05, 4.69) is 46.1 Å². The van der Waals surface area contributed by atoms with Gasteiger partial charge in [-0.25, -0.2) is 9.37 Å². The Balaban J connectivity index is 1.45. The van der Waals surface area contributed by atoms with E-state index in [4.69, 9.17) is 31.2 Å². The summed E-state index contributed by atoms with van der Waals surface area (Å²) in [4.78, 5) is 9.06. The summed E-state index contributed by atoms with van der Waals surface area (Å²) in [5.74, 6) is 0.274.